The third kappa shape index (κ3) is 6.13. The average Bonchev–Trinajstić information content (AvgIpc) is 2.92. The van der Waals surface area contributed by atoms with Gasteiger partial charge < -0.3 is 9.47 Å². The molecule has 0 unspecified atom stereocenters. The van der Waals surface area contributed by atoms with Gasteiger partial charge in [0.2, 0.25) is 5.88 Å². The summed E-state index contributed by atoms with van der Waals surface area (Å²) in [5.74, 6) is 1.06. The Balaban J connectivity index is 1.79. The number of aromatic nitrogens is 3. The van der Waals surface area contributed by atoms with Crippen molar-refractivity contribution in [3.05, 3.63) is 88.4 Å². The fourth-order valence-electron chi connectivity index (χ4n) is 3.60. The van der Waals surface area contributed by atoms with Crippen LogP contribution in [0.25, 0.3) is 10.9 Å². The number of nitro groups is 1. The van der Waals surface area contributed by atoms with E-state index in [0.29, 0.717) is 39.1 Å². The summed E-state index contributed by atoms with van der Waals surface area (Å²) in [7, 11) is 0. The Morgan fingerprint density at radius 3 is 2.64 bits per heavy atom. The summed E-state index contributed by atoms with van der Waals surface area (Å²) in [4.78, 5) is 32.5. The second-order valence-corrected chi connectivity index (χ2v) is 10.5. The van der Waals surface area contributed by atoms with Crippen molar-refractivity contribution in [3.8, 4) is 17.4 Å². The van der Waals surface area contributed by atoms with Gasteiger partial charge in [0.1, 0.15) is 17.0 Å². The molecule has 39 heavy (non-hydrogen) atoms. The van der Waals surface area contributed by atoms with Crippen LogP contribution in [0.15, 0.2) is 61.4 Å². The summed E-state index contributed by atoms with van der Waals surface area (Å²) in [5, 5.41) is 16.0. The molecule has 0 bridgehead atoms. The molecule has 13 heteroatoms. The van der Waals surface area contributed by atoms with Crippen LogP contribution < -0.4 is 15.0 Å². The van der Waals surface area contributed by atoms with E-state index in [-0.39, 0.29) is 33.8 Å². The lowest BCUT2D eigenvalue weighted by Gasteiger charge is -2.16. The molecular weight excluding hydrogens is 658 g/mol. The van der Waals surface area contributed by atoms with Crippen LogP contribution in [0.3, 0.4) is 0 Å². The molecule has 0 saturated heterocycles. The molecule has 0 aliphatic rings. The Kier molecular flexibility index (Phi) is 8.98. The minimum Gasteiger partial charge on any atom is -0.490 e. The van der Waals surface area contributed by atoms with E-state index in [4.69, 9.17) is 26.1 Å². The highest BCUT2D eigenvalue weighted by molar-refractivity contribution is 9.10. The van der Waals surface area contributed by atoms with Gasteiger partial charge in [0.25, 0.3) is 11.2 Å². The molecule has 0 aliphatic carbocycles. The van der Waals surface area contributed by atoms with Crippen LogP contribution in [-0.4, -0.2) is 32.4 Å². The van der Waals surface area contributed by atoms with Gasteiger partial charge in [0, 0.05) is 32.6 Å². The summed E-state index contributed by atoms with van der Waals surface area (Å²) < 4.78 is 14.1. The van der Waals surface area contributed by atoms with Crippen LogP contribution in [0.2, 0.25) is 5.02 Å². The first-order valence-electron chi connectivity index (χ1n) is 11.8. The van der Waals surface area contributed by atoms with E-state index in [0.717, 1.165) is 17.1 Å². The molecule has 1 atom stereocenters. The van der Waals surface area contributed by atoms with Gasteiger partial charge in [0.05, 0.1) is 28.6 Å². The largest absolute Gasteiger partial charge is 0.490 e. The zero-order valence-electron chi connectivity index (χ0n) is 21.0. The lowest BCUT2D eigenvalue weighted by atomic mass is 10.1. The fourth-order valence-corrected chi connectivity index (χ4v) is 4.60. The molecule has 2 aromatic carbocycles. The van der Waals surface area contributed by atoms with Crippen molar-refractivity contribution < 1.29 is 14.4 Å². The normalized spacial score (nSPS) is 12.2. The predicted octanol–water partition coefficient (Wildman–Crippen LogP) is 7.46. The van der Waals surface area contributed by atoms with Gasteiger partial charge in [-0.3, -0.25) is 14.9 Å². The molecule has 0 N–H and O–H groups in total. The Hall–Kier alpha value is -3.35. The number of fused-ring (bicyclic) bond motifs is 1. The minimum atomic E-state index is -0.554. The standard InChI is InChI=1S/C26H22Br2ClN5O5/c1-4-14(3)25-32-19-8-6-16(27)11-18(19)26(35)33(25)31-12-15-10-20(38-5-2)24(23(29)22(15)28)39-21-9-7-17(13-30-21)34(36)37/h6-14H,4-5H2,1-3H3/t14-/m0/s1. The predicted molar refractivity (Wildman–Crippen MR) is 157 cm³/mol. The number of nitrogens with zero attached hydrogens (tertiary/aromatic N) is 5. The maximum Gasteiger partial charge on any atom is 0.287 e. The first-order valence-corrected chi connectivity index (χ1v) is 13.8. The lowest BCUT2D eigenvalue weighted by Crippen LogP contribution is -2.23. The van der Waals surface area contributed by atoms with Crippen molar-refractivity contribution >= 4 is 66.3 Å². The van der Waals surface area contributed by atoms with E-state index in [1.54, 1.807) is 25.1 Å². The Bertz CT molecular complexity index is 1640. The van der Waals surface area contributed by atoms with Gasteiger partial charge in [-0.25, -0.2) is 9.97 Å². The van der Waals surface area contributed by atoms with Gasteiger partial charge in [-0.2, -0.15) is 9.78 Å². The average molecular weight is 680 g/mol. The van der Waals surface area contributed by atoms with E-state index in [1.165, 1.54) is 23.0 Å². The molecule has 4 rings (SSSR count). The maximum atomic E-state index is 13.4. The van der Waals surface area contributed by atoms with Crippen LogP contribution in [0.4, 0.5) is 5.69 Å². The van der Waals surface area contributed by atoms with Gasteiger partial charge in [-0.1, -0.05) is 41.4 Å². The third-order valence-electron chi connectivity index (χ3n) is 5.79. The summed E-state index contributed by atoms with van der Waals surface area (Å²) in [6, 6.07) is 9.64. The number of rotatable bonds is 9. The van der Waals surface area contributed by atoms with E-state index in [1.807, 2.05) is 19.9 Å². The summed E-state index contributed by atoms with van der Waals surface area (Å²) in [6.45, 7) is 6.10. The molecule has 2 heterocycles. The lowest BCUT2D eigenvalue weighted by molar-refractivity contribution is -0.385. The molecule has 4 aromatic rings. The summed E-state index contributed by atoms with van der Waals surface area (Å²) >= 11 is 13.5. The van der Waals surface area contributed by atoms with Crippen LogP contribution in [0, 0.1) is 10.1 Å². The Morgan fingerprint density at radius 1 is 1.23 bits per heavy atom. The molecule has 0 amide bonds. The molecule has 0 aliphatic heterocycles. The van der Waals surface area contributed by atoms with Crippen LogP contribution in [0.1, 0.15) is 44.5 Å². The van der Waals surface area contributed by atoms with Crippen molar-refractivity contribution in [2.45, 2.75) is 33.1 Å². The zero-order chi connectivity index (χ0) is 28.3. The molecule has 0 spiro atoms. The first-order chi connectivity index (χ1) is 18.6. The molecule has 0 radical (unpaired) electrons. The number of benzene rings is 2. The van der Waals surface area contributed by atoms with Crippen molar-refractivity contribution in [2.24, 2.45) is 5.10 Å². The Labute approximate surface area is 245 Å². The second kappa shape index (κ2) is 12.2. The fraction of sp³-hybridized carbons (Fsp3) is 0.231. The molecule has 2 aromatic heterocycles. The van der Waals surface area contributed by atoms with Crippen LogP contribution in [0.5, 0.6) is 17.4 Å². The van der Waals surface area contributed by atoms with E-state index in [2.05, 4.69) is 41.9 Å². The third-order valence-corrected chi connectivity index (χ3v) is 7.73. The second-order valence-electron chi connectivity index (χ2n) is 8.37. The number of ether oxygens (including phenoxy) is 2. The molecule has 0 fully saturated rings. The van der Waals surface area contributed by atoms with Gasteiger partial charge in [-0.05, 0) is 53.5 Å². The highest BCUT2D eigenvalue weighted by atomic mass is 79.9. The first kappa shape index (κ1) is 28.7. The topological polar surface area (TPSA) is 122 Å². The van der Waals surface area contributed by atoms with E-state index in [9.17, 15) is 14.9 Å². The molecular formula is C26H22Br2ClN5O5. The van der Waals surface area contributed by atoms with Gasteiger partial charge >= 0.3 is 0 Å². The Morgan fingerprint density at radius 2 is 2.00 bits per heavy atom. The van der Waals surface area contributed by atoms with E-state index >= 15 is 0 Å². The van der Waals surface area contributed by atoms with Crippen molar-refractivity contribution in [3.63, 3.8) is 0 Å². The molecule has 202 valence electrons. The van der Waals surface area contributed by atoms with E-state index < -0.39 is 4.92 Å². The highest BCUT2D eigenvalue weighted by Crippen LogP contribution is 2.44. The monoisotopic (exact) mass is 677 g/mol. The molecule has 10 nitrogen and oxygen atoms in total. The molecule has 0 saturated carbocycles. The van der Waals surface area contributed by atoms with Gasteiger partial charge in [0.15, 0.2) is 11.5 Å². The zero-order valence-corrected chi connectivity index (χ0v) is 24.9. The minimum absolute atomic E-state index is 0.0288. The summed E-state index contributed by atoms with van der Waals surface area (Å²) in [5.41, 5.74) is 0.635. The number of hydrogen-bond donors (Lipinski definition) is 0. The van der Waals surface area contributed by atoms with Crippen LogP contribution >= 0.6 is 43.5 Å². The smallest absolute Gasteiger partial charge is 0.287 e. The van der Waals surface area contributed by atoms with Crippen molar-refractivity contribution in [1.82, 2.24) is 14.6 Å². The number of pyridine rings is 1. The van der Waals surface area contributed by atoms with Crippen molar-refractivity contribution in [2.75, 3.05) is 6.61 Å². The number of hydrogen-bond acceptors (Lipinski definition) is 8. The maximum absolute atomic E-state index is 13.4. The summed E-state index contributed by atoms with van der Waals surface area (Å²) in [6.07, 6.45) is 3.34. The van der Waals surface area contributed by atoms with Crippen LogP contribution in [-0.2, 0) is 0 Å². The highest BCUT2D eigenvalue weighted by Gasteiger charge is 2.20. The van der Waals surface area contributed by atoms with Crippen molar-refractivity contribution in [1.29, 1.82) is 0 Å². The SMILES string of the molecule is CCOc1cc(C=Nn2c([C@@H](C)CC)nc3ccc(Br)cc3c2=O)c(Br)c(Cl)c1Oc1ccc([N+](=O)[O-])cn1. The quantitative estimate of drug-likeness (QED) is 0.102. The number of halogens is 3. The van der Waals surface area contributed by atoms with Gasteiger partial charge in [-0.15, -0.1) is 0 Å².